The van der Waals surface area contributed by atoms with Crippen LogP contribution in [0.2, 0.25) is 0 Å². The van der Waals surface area contributed by atoms with E-state index < -0.39 is 0 Å². The Bertz CT molecular complexity index is 131. The third kappa shape index (κ3) is 0.372. The second kappa shape index (κ2) is 1.28. The Morgan fingerprint density at radius 1 is 0.875 bits per heavy atom. The lowest BCUT2D eigenvalue weighted by Crippen LogP contribution is -2.31. The van der Waals surface area contributed by atoms with Crippen molar-refractivity contribution in [3.05, 3.63) is 24.6 Å². The normalized spacial score (nSPS) is 39.0. The number of hydrogen-bond donors (Lipinski definition) is 2. The van der Waals surface area contributed by atoms with Crippen LogP contribution < -0.4 is 10.6 Å². The Balaban J connectivity index is 2.20. The summed E-state index contributed by atoms with van der Waals surface area (Å²) in [5.41, 5.74) is 0. The Labute approximate surface area is 48.3 Å². The summed E-state index contributed by atoms with van der Waals surface area (Å²) in [6.45, 7) is 0. The molecule has 0 spiro atoms. The van der Waals surface area contributed by atoms with E-state index in [1.165, 1.54) is 0 Å². The SMILES string of the molecule is C1=CC2NC=CC2N1. The molecule has 2 heterocycles. The molecule has 2 aliphatic rings. The van der Waals surface area contributed by atoms with Gasteiger partial charge in [-0.1, -0.05) is 0 Å². The van der Waals surface area contributed by atoms with Gasteiger partial charge < -0.3 is 10.6 Å². The lowest BCUT2D eigenvalue weighted by molar-refractivity contribution is 0.647. The second-order valence-electron chi connectivity index (χ2n) is 2.10. The number of hydrogen-bond acceptors (Lipinski definition) is 2. The molecule has 2 N–H and O–H groups in total. The highest BCUT2D eigenvalue weighted by molar-refractivity contribution is 5.20. The summed E-state index contributed by atoms with van der Waals surface area (Å²) < 4.78 is 0. The Hall–Kier alpha value is -0.920. The van der Waals surface area contributed by atoms with Gasteiger partial charge in [-0.05, 0) is 24.6 Å². The molecule has 0 aromatic rings. The monoisotopic (exact) mass is 108 g/mol. The van der Waals surface area contributed by atoms with Gasteiger partial charge in [-0.15, -0.1) is 0 Å². The third-order valence-electron chi connectivity index (χ3n) is 1.57. The van der Waals surface area contributed by atoms with Crippen LogP contribution in [0.3, 0.4) is 0 Å². The first-order valence-electron chi connectivity index (χ1n) is 2.82. The average molecular weight is 108 g/mol. The maximum absolute atomic E-state index is 3.19. The fourth-order valence-electron chi connectivity index (χ4n) is 1.10. The van der Waals surface area contributed by atoms with E-state index in [0.717, 1.165) is 0 Å². The minimum Gasteiger partial charge on any atom is -0.382 e. The summed E-state index contributed by atoms with van der Waals surface area (Å²) in [5, 5.41) is 6.38. The Morgan fingerprint density at radius 2 is 1.38 bits per heavy atom. The number of nitrogens with one attached hydrogen (secondary N) is 2. The molecule has 0 fully saturated rings. The van der Waals surface area contributed by atoms with Crippen LogP contribution in [0.4, 0.5) is 0 Å². The lowest BCUT2D eigenvalue weighted by Gasteiger charge is -2.07. The summed E-state index contributed by atoms with van der Waals surface area (Å²) in [6.07, 6.45) is 8.24. The van der Waals surface area contributed by atoms with Gasteiger partial charge in [0.25, 0.3) is 0 Å². The van der Waals surface area contributed by atoms with Crippen molar-refractivity contribution < 1.29 is 0 Å². The van der Waals surface area contributed by atoms with Crippen molar-refractivity contribution in [3.8, 4) is 0 Å². The number of rotatable bonds is 0. The highest BCUT2D eigenvalue weighted by Gasteiger charge is 2.21. The van der Waals surface area contributed by atoms with Crippen LogP contribution >= 0.6 is 0 Å². The van der Waals surface area contributed by atoms with Gasteiger partial charge in [0.1, 0.15) is 0 Å². The van der Waals surface area contributed by atoms with Crippen LogP contribution in [-0.2, 0) is 0 Å². The van der Waals surface area contributed by atoms with Crippen LogP contribution in [0.15, 0.2) is 24.6 Å². The fourth-order valence-corrected chi connectivity index (χ4v) is 1.10. The van der Waals surface area contributed by atoms with Crippen molar-refractivity contribution in [3.63, 3.8) is 0 Å². The highest BCUT2D eigenvalue weighted by Crippen LogP contribution is 2.08. The van der Waals surface area contributed by atoms with Crippen molar-refractivity contribution in [1.29, 1.82) is 0 Å². The molecule has 8 heavy (non-hydrogen) atoms. The van der Waals surface area contributed by atoms with Crippen molar-refractivity contribution in [2.24, 2.45) is 0 Å². The van der Waals surface area contributed by atoms with Crippen LogP contribution in [0.5, 0.6) is 0 Å². The zero-order chi connectivity index (χ0) is 5.40. The molecule has 2 unspecified atom stereocenters. The van der Waals surface area contributed by atoms with Crippen LogP contribution in [0.1, 0.15) is 0 Å². The summed E-state index contributed by atoms with van der Waals surface area (Å²) in [7, 11) is 0. The summed E-state index contributed by atoms with van der Waals surface area (Å²) in [5.74, 6) is 0. The van der Waals surface area contributed by atoms with Gasteiger partial charge in [-0.3, -0.25) is 0 Å². The highest BCUT2D eigenvalue weighted by atomic mass is 15.1. The molecule has 2 aliphatic heterocycles. The van der Waals surface area contributed by atoms with E-state index in [1.54, 1.807) is 0 Å². The van der Waals surface area contributed by atoms with E-state index in [4.69, 9.17) is 0 Å². The lowest BCUT2D eigenvalue weighted by atomic mass is 10.2. The van der Waals surface area contributed by atoms with E-state index in [9.17, 15) is 0 Å². The second-order valence-corrected chi connectivity index (χ2v) is 2.10. The number of fused-ring (bicyclic) bond motifs is 1. The zero-order valence-corrected chi connectivity index (χ0v) is 4.46. The zero-order valence-electron chi connectivity index (χ0n) is 4.46. The van der Waals surface area contributed by atoms with E-state index in [0.29, 0.717) is 12.1 Å². The van der Waals surface area contributed by atoms with Crippen LogP contribution in [-0.4, -0.2) is 12.1 Å². The van der Waals surface area contributed by atoms with Gasteiger partial charge in [0.15, 0.2) is 0 Å². The predicted octanol–water partition coefficient (Wildman–Crippen LogP) is -0.0426. The quantitative estimate of drug-likeness (QED) is 0.455. The van der Waals surface area contributed by atoms with Gasteiger partial charge in [0.2, 0.25) is 0 Å². The van der Waals surface area contributed by atoms with E-state index in [1.807, 2.05) is 12.4 Å². The fraction of sp³-hybridized carbons (Fsp3) is 0.333. The van der Waals surface area contributed by atoms with Crippen molar-refractivity contribution in [2.45, 2.75) is 12.1 Å². The Kier molecular flexibility index (Phi) is 0.640. The maximum Gasteiger partial charge on any atom is 0.0693 e. The maximum atomic E-state index is 3.19. The van der Waals surface area contributed by atoms with Crippen molar-refractivity contribution in [1.82, 2.24) is 10.6 Å². The molecular formula is C6H8N2. The molecule has 2 rings (SSSR count). The minimum atomic E-state index is 0.523. The molecule has 0 saturated heterocycles. The van der Waals surface area contributed by atoms with Crippen molar-refractivity contribution in [2.75, 3.05) is 0 Å². The summed E-state index contributed by atoms with van der Waals surface area (Å²) in [6, 6.07) is 1.05. The van der Waals surface area contributed by atoms with Crippen LogP contribution in [0, 0.1) is 0 Å². The van der Waals surface area contributed by atoms with Gasteiger partial charge in [-0.25, -0.2) is 0 Å². The first kappa shape index (κ1) is 4.01. The van der Waals surface area contributed by atoms with Crippen LogP contribution in [0.25, 0.3) is 0 Å². The minimum absolute atomic E-state index is 0.523. The molecule has 2 heteroatoms. The standard InChI is InChI=1S/C6H8N2/c1-3-7-6-2-4-8-5(1)6/h1-8H. The average Bonchev–Trinajstić information content (AvgIpc) is 2.15. The molecule has 0 aliphatic carbocycles. The van der Waals surface area contributed by atoms with Gasteiger partial charge >= 0.3 is 0 Å². The molecule has 0 bridgehead atoms. The molecule has 42 valence electrons. The van der Waals surface area contributed by atoms with Gasteiger partial charge in [-0.2, -0.15) is 0 Å². The first-order chi connectivity index (χ1) is 3.97. The van der Waals surface area contributed by atoms with E-state index >= 15 is 0 Å². The first-order valence-corrected chi connectivity index (χ1v) is 2.82. The molecule has 0 aromatic carbocycles. The summed E-state index contributed by atoms with van der Waals surface area (Å²) >= 11 is 0. The predicted molar refractivity (Wildman–Crippen MR) is 32.1 cm³/mol. The molecular weight excluding hydrogens is 100 g/mol. The molecule has 2 atom stereocenters. The molecule has 0 radical (unpaired) electrons. The third-order valence-corrected chi connectivity index (χ3v) is 1.57. The van der Waals surface area contributed by atoms with E-state index in [2.05, 4.69) is 22.8 Å². The molecule has 0 aromatic heterocycles. The topological polar surface area (TPSA) is 24.1 Å². The molecule has 0 amide bonds. The largest absolute Gasteiger partial charge is 0.382 e. The van der Waals surface area contributed by atoms with Crippen molar-refractivity contribution >= 4 is 0 Å². The Morgan fingerprint density at radius 3 is 1.88 bits per heavy atom. The smallest absolute Gasteiger partial charge is 0.0693 e. The van der Waals surface area contributed by atoms with Gasteiger partial charge in [0.05, 0.1) is 12.1 Å². The summed E-state index contributed by atoms with van der Waals surface area (Å²) in [4.78, 5) is 0. The molecule has 2 nitrogen and oxygen atoms in total. The van der Waals surface area contributed by atoms with Gasteiger partial charge in [0, 0.05) is 0 Å². The molecule has 0 saturated carbocycles. The van der Waals surface area contributed by atoms with E-state index in [-0.39, 0.29) is 0 Å².